The zero-order valence-corrected chi connectivity index (χ0v) is 17.5. The average Bonchev–Trinajstić information content (AvgIpc) is 2.01. The molecule has 0 aromatic carbocycles. The van der Waals surface area contributed by atoms with Crippen molar-refractivity contribution in [3.8, 4) is 0 Å². The van der Waals surface area contributed by atoms with Crippen molar-refractivity contribution in [2.75, 3.05) is 66.5 Å². The van der Waals surface area contributed by atoms with Gasteiger partial charge in [0.15, 0.2) is 0 Å². The van der Waals surface area contributed by atoms with Crippen LogP contribution < -0.4 is 34.0 Å². The fraction of sp³-hybridized carbons (Fsp3) is 1.00. The molecule has 0 heterocycles. The maximum absolute atomic E-state index is 6.82. The number of hydrogen-bond acceptors (Lipinski definition) is 1. The third-order valence-corrected chi connectivity index (χ3v) is 2.37. The van der Waals surface area contributed by atoms with E-state index in [4.69, 9.17) is 1.12 Å². The SMILES string of the molecule is C[N+](C)(C)CCBr.[3H]SCCC[N+](C)(C)C.[Br-].[Br-]. The van der Waals surface area contributed by atoms with Crippen LogP contribution in [0, 0.1) is 0 Å². The van der Waals surface area contributed by atoms with Crippen LogP contribution in [0.25, 0.3) is 0 Å². The molecule has 0 fully saturated rings. The van der Waals surface area contributed by atoms with E-state index in [1.165, 1.54) is 25.6 Å². The second-order valence-corrected chi connectivity index (χ2v) is 6.98. The number of alkyl halides is 1. The highest BCUT2D eigenvalue weighted by molar-refractivity contribution is 9.09. The first-order chi connectivity index (χ1) is 7.12. The molecule has 0 aromatic rings. The number of quaternary nitrogens is 2. The van der Waals surface area contributed by atoms with Crippen molar-refractivity contribution in [1.29, 1.82) is 1.12 Å². The number of halogens is 3. The first-order valence-corrected chi connectivity index (χ1v) is 7.07. The van der Waals surface area contributed by atoms with Gasteiger partial charge in [-0.3, -0.25) is 0 Å². The molecule has 0 aliphatic carbocycles. The van der Waals surface area contributed by atoms with Crippen molar-refractivity contribution in [3.05, 3.63) is 0 Å². The Morgan fingerprint density at radius 2 is 1.35 bits per heavy atom. The molecule has 0 bridgehead atoms. The Labute approximate surface area is 144 Å². The molecule has 0 aromatic heterocycles. The van der Waals surface area contributed by atoms with Crippen molar-refractivity contribution in [2.24, 2.45) is 0 Å². The molecule has 6 heteroatoms. The second-order valence-electron chi connectivity index (χ2n) is 5.77. The van der Waals surface area contributed by atoms with Gasteiger partial charge in [0.1, 0.15) is 1.12 Å². The Morgan fingerprint density at radius 3 is 1.53 bits per heavy atom. The monoisotopic (exact) mass is 460 g/mol. The van der Waals surface area contributed by atoms with E-state index >= 15 is 0 Å². The summed E-state index contributed by atoms with van der Waals surface area (Å²) in [6.07, 6.45) is 1.15. The van der Waals surface area contributed by atoms with Gasteiger partial charge in [-0.05, 0) is 5.75 Å². The lowest BCUT2D eigenvalue weighted by molar-refractivity contribution is -0.870. The lowest BCUT2D eigenvalue weighted by Crippen LogP contribution is -3.00. The Kier molecular flexibility index (Phi) is 19.8. The van der Waals surface area contributed by atoms with Crippen LogP contribution >= 0.6 is 28.5 Å². The second kappa shape index (κ2) is 14.1. The fourth-order valence-electron chi connectivity index (χ4n) is 0.792. The van der Waals surface area contributed by atoms with Crippen LogP contribution in [0.2, 0.25) is 0 Å². The highest BCUT2D eigenvalue weighted by atomic mass is 79.9. The molecule has 0 rings (SSSR count). The minimum atomic E-state index is 0. The summed E-state index contributed by atoms with van der Waals surface area (Å²) < 4.78 is 8.88. The molecule has 2 nitrogen and oxygen atoms in total. The molecule has 0 amide bonds. The maximum atomic E-state index is 6.82. The third kappa shape index (κ3) is 38.1. The smallest absolute Gasteiger partial charge is 0.102 e. The van der Waals surface area contributed by atoms with Gasteiger partial charge in [-0.15, -0.1) is 0 Å². The van der Waals surface area contributed by atoms with Crippen molar-refractivity contribution >= 4 is 28.5 Å². The third-order valence-electron chi connectivity index (χ3n) is 1.73. The molecular weight excluding hydrogens is 432 g/mol. The van der Waals surface area contributed by atoms with Gasteiger partial charge < -0.3 is 42.9 Å². The highest BCUT2D eigenvalue weighted by Crippen LogP contribution is 1.93. The highest BCUT2D eigenvalue weighted by Gasteiger charge is 2.03. The van der Waals surface area contributed by atoms with Crippen LogP contribution in [0.4, 0.5) is 0 Å². The molecule has 0 aliphatic rings. The number of thiol groups is 1. The van der Waals surface area contributed by atoms with E-state index in [0.717, 1.165) is 26.5 Å². The van der Waals surface area contributed by atoms with Crippen LogP contribution in [0.5, 0.6) is 0 Å². The van der Waals surface area contributed by atoms with Gasteiger partial charge in [0.2, 0.25) is 0 Å². The van der Waals surface area contributed by atoms with E-state index in [-0.39, 0.29) is 34.0 Å². The topological polar surface area (TPSA) is 0 Å². The van der Waals surface area contributed by atoms with E-state index in [1.807, 2.05) is 0 Å². The van der Waals surface area contributed by atoms with E-state index in [1.54, 1.807) is 0 Å². The minimum Gasteiger partial charge on any atom is -1.00 e. The predicted octanol–water partition coefficient (Wildman–Crippen LogP) is -3.89. The number of hydrogen-bond donors (Lipinski definition) is 1. The molecule has 0 saturated carbocycles. The summed E-state index contributed by atoms with van der Waals surface area (Å²) in [7, 11) is 13.1. The lowest BCUT2D eigenvalue weighted by Gasteiger charge is -2.23. The van der Waals surface area contributed by atoms with Gasteiger partial charge in [0.05, 0.1) is 60.7 Å². The van der Waals surface area contributed by atoms with Crippen molar-refractivity contribution in [3.63, 3.8) is 0 Å². The standard InChI is InChI=1S/C6H15NS.C5H13BrN.2BrH/c1-7(2,3)5-4-6-8;1-7(2,3)5-4-6;;/h4-6H2,1-3H3;4-5H2,1-3H3;2*1H/q;+1;;/p-1/i/hT. The predicted molar refractivity (Wildman–Crippen MR) is 78.1 cm³/mol. The normalized spacial score (nSPS) is 11.4. The molecule has 0 radical (unpaired) electrons. The molecule has 0 unspecified atom stereocenters. The maximum Gasteiger partial charge on any atom is 0.102 e. The first kappa shape index (κ1) is 23.8. The summed E-state index contributed by atoms with van der Waals surface area (Å²) in [4.78, 5) is 0. The molecule has 0 atom stereocenters. The number of rotatable bonds is 6. The van der Waals surface area contributed by atoms with Crippen LogP contribution in [-0.4, -0.2) is 76.5 Å². The Morgan fingerprint density at radius 1 is 0.941 bits per heavy atom. The largest absolute Gasteiger partial charge is 1.00 e. The quantitative estimate of drug-likeness (QED) is 0.177. The molecule has 0 aliphatic heterocycles. The first-order valence-electron chi connectivity index (χ1n) is 5.78. The van der Waals surface area contributed by atoms with Gasteiger partial charge in [-0.25, -0.2) is 0 Å². The molecule has 17 heavy (non-hydrogen) atoms. The Balaban J connectivity index is -0.000000100. The summed E-state index contributed by atoms with van der Waals surface area (Å²) in [5.74, 6) is 0.968. The van der Waals surface area contributed by atoms with Crippen LogP contribution in [0.15, 0.2) is 0 Å². The molecule has 110 valence electrons. The summed E-state index contributed by atoms with van der Waals surface area (Å²) >= 11 is 4.55. The van der Waals surface area contributed by atoms with Gasteiger partial charge in [0, 0.05) is 6.42 Å². The van der Waals surface area contributed by atoms with Crippen LogP contribution in [0.3, 0.4) is 0 Å². The average molecular weight is 463 g/mol. The van der Waals surface area contributed by atoms with Gasteiger partial charge in [0.25, 0.3) is 0 Å². The van der Waals surface area contributed by atoms with Crippen LogP contribution in [0.1, 0.15) is 6.42 Å². The Bertz CT molecular complexity index is 161. The summed E-state index contributed by atoms with van der Waals surface area (Å²) in [5.41, 5.74) is 0. The Hall–Kier alpha value is 1.71. The molecule has 0 N–H and O–H groups in total. The van der Waals surface area contributed by atoms with Gasteiger partial charge in [-0.2, -0.15) is 12.5 Å². The van der Waals surface area contributed by atoms with E-state index < -0.39 is 0 Å². The van der Waals surface area contributed by atoms with Gasteiger partial charge in [-0.1, -0.05) is 15.9 Å². The van der Waals surface area contributed by atoms with Crippen molar-refractivity contribution in [2.45, 2.75) is 6.42 Å². The van der Waals surface area contributed by atoms with Crippen LogP contribution in [-0.2, 0) is 0 Å². The van der Waals surface area contributed by atoms with Crippen molar-refractivity contribution < 1.29 is 42.9 Å². The summed E-state index contributed by atoms with van der Waals surface area (Å²) in [5, 5.41) is 1.09. The molecule has 0 spiro atoms. The minimum absolute atomic E-state index is 0. The van der Waals surface area contributed by atoms with Crippen molar-refractivity contribution in [1.82, 2.24) is 0 Å². The lowest BCUT2D eigenvalue weighted by atomic mass is 10.4. The zero-order valence-electron chi connectivity index (χ0n) is 13.0. The summed E-state index contributed by atoms with van der Waals surface area (Å²) in [6.45, 7) is 2.37. The van der Waals surface area contributed by atoms with E-state index in [2.05, 4.69) is 58.2 Å². The fourth-order valence-corrected chi connectivity index (χ4v) is 1.99. The molecule has 0 saturated heterocycles. The van der Waals surface area contributed by atoms with E-state index in [0.29, 0.717) is 0 Å². The molecular formula is C11H29Br3N2S. The zero-order chi connectivity index (χ0) is 13.2. The summed E-state index contributed by atoms with van der Waals surface area (Å²) in [6, 6.07) is 0. The van der Waals surface area contributed by atoms with Gasteiger partial charge >= 0.3 is 0 Å². The number of nitrogens with zero attached hydrogens (tertiary/aromatic N) is 2. The van der Waals surface area contributed by atoms with E-state index in [9.17, 15) is 0 Å².